The van der Waals surface area contributed by atoms with Gasteiger partial charge in [0, 0.05) is 18.6 Å². The van der Waals surface area contributed by atoms with Crippen LogP contribution in [-0.2, 0) is 4.74 Å². The maximum Gasteiger partial charge on any atom is 0.191 e. The molecule has 2 aliphatic heterocycles. The largest absolute Gasteiger partial charge is 0.373 e. The third-order valence-electron chi connectivity index (χ3n) is 5.10. The molecule has 3 fully saturated rings. The van der Waals surface area contributed by atoms with E-state index in [2.05, 4.69) is 36.4 Å². The van der Waals surface area contributed by atoms with E-state index in [1.165, 1.54) is 25.7 Å². The molecule has 0 spiro atoms. The zero-order valence-corrected chi connectivity index (χ0v) is 13.6. The Morgan fingerprint density at radius 2 is 2.14 bits per heavy atom. The first-order valence-corrected chi connectivity index (χ1v) is 8.59. The summed E-state index contributed by atoms with van der Waals surface area (Å²) in [7, 11) is 2.22. The van der Waals surface area contributed by atoms with Crippen LogP contribution in [0.5, 0.6) is 0 Å². The van der Waals surface area contributed by atoms with Gasteiger partial charge < -0.3 is 15.4 Å². The van der Waals surface area contributed by atoms with E-state index in [0.717, 1.165) is 31.5 Å². The Kier molecular flexibility index (Phi) is 4.69. The molecule has 2 bridgehead atoms. The van der Waals surface area contributed by atoms with Crippen LogP contribution < -0.4 is 10.6 Å². The molecule has 4 atom stereocenters. The summed E-state index contributed by atoms with van der Waals surface area (Å²) in [6, 6.07) is 1.74. The Balaban J connectivity index is 1.51. The van der Waals surface area contributed by atoms with Crippen LogP contribution in [0.25, 0.3) is 0 Å². The van der Waals surface area contributed by atoms with E-state index >= 15 is 0 Å². The molecule has 5 nitrogen and oxygen atoms in total. The van der Waals surface area contributed by atoms with Crippen molar-refractivity contribution in [3.05, 3.63) is 0 Å². The molecule has 3 aliphatic rings. The Bertz CT molecular complexity index is 382. The third-order valence-corrected chi connectivity index (χ3v) is 5.10. The van der Waals surface area contributed by atoms with Crippen LogP contribution in [0.3, 0.4) is 0 Å². The lowest BCUT2D eigenvalue weighted by atomic mass is 9.96. The van der Waals surface area contributed by atoms with Crippen LogP contribution in [-0.4, -0.2) is 61.3 Å². The van der Waals surface area contributed by atoms with Crippen LogP contribution in [0.2, 0.25) is 0 Å². The van der Waals surface area contributed by atoms with Crippen LogP contribution >= 0.6 is 0 Å². The van der Waals surface area contributed by atoms with Gasteiger partial charge in [-0.15, -0.1) is 0 Å². The Morgan fingerprint density at radius 3 is 2.71 bits per heavy atom. The van der Waals surface area contributed by atoms with Gasteiger partial charge in [0.25, 0.3) is 0 Å². The van der Waals surface area contributed by atoms with Crippen molar-refractivity contribution in [3.8, 4) is 0 Å². The molecule has 3 rings (SSSR count). The minimum atomic E-state index is 0.394. The second kappa shape index (κ2) is 6.53. The van der Waals surface area contributed by atoms with Gasteiger partial charge in [-0.2, -0.15) is 0 Å². The molecule has 0 aromatic heterocycles. The fourth-order valence-corrected chi connectivity index (χ4v) is 3.48. The van der Waals surface area contributed by atoms with Gasteiger partial charge in [-0.1, -0.05) is 0 Å². The van der Waals surface area contributed by atoms with Gasteiger partial charge in [0.2, 0.25) is 0 Å². The highest BCUT2D eigenvalue weighted by atomic mass is 16.5. The van der Waals surface area contributed by atoms with Gasteiger partial charge in [-0.25, -0.2) is 0 Å². The first-order chi connectivity index (χ1) is 10.2. The normalized spacial score (nSPS) is 33.5. The smallest absolute Gasteiger partial charge is 0.191 e. The molecule has 120 valence electrons. The molecular formula is C16H30N4O. The fraction of sp³-hybridized carbons (Fsp3) is 0.938. The average Bonchev–Trinajstić information content (AvgIpc) is 3.13. The van der Waals surface area contributed by atoms with Gasteiger partial charge in [0.05, 0.1) is 24.8 Å². The summed E-state index contributed by atoms with van der Waals surface area (Å²) in [6.07, 6.45) is 7.15. The van der Waals surface area contributed by atoms with Crippen molar-refractivity contribution in [1.29, 1.82) is 0 Å². The van der Waals surface area contributed by atoms with Crippen LogP contribution in [0.15, 0.2) is 4.99 Å². The lowest BCUT2D eigenvalue weighted by Gasteiger charge is -2.25. The second-order valence-corrected chi connectivity index (χ2v) is 6.83. The number of hydrogen-bond donors (Lipinski definition) is 2. The van der Waals surface area contributed by atoms with Crippen molar-refractivity contribution in [2.45, 2.75) is 76.3 Å². The van der Waals surface area contributed by atoms with Crippen molar-refractivity contribution >= 4 is 5.96 Å². The monoisotopic (exact) mass is 294 g/mol. The second-order valence-electron chi connectivity index (χ2n) is 6.83. The first-order valence-electron chi connectivity index (χ1n) is 8.59. The van der Waals surface area contributed by atoms with E-state index in [-0.39, 0.29) is 0 Å². The van der Waals surface area contributed by atoms with Crippen molar-refractivity contribution < 1.29 is 4.74 Å². The van der Waals surface area contributed by atoms with Gasteiger partial charge in [-0.3, -0.25) is 9.89 Å². The third kappa shape index (κ3) is 3.69. The van der Waals surface area contributed by atoms with Crippen molar-refractivity contribution in [2.75, 3.05) is 20.1 Å². The predicted octanol–water partition coefficient (Wildman–Crippen LogP) is 1.34. The molecule has 21 heavy (non-hydrogen) atoms. The fourth-order valence-electron chi connectivity index (χ4n) is 3.48. The lowest BCUT2D eigenvalue weighted by molar-refractivity contribution is 0.0992. The number of nitrogens with zero attached hydrogens (tertiary/aromatic N) is 2. The number of guanidine groups is 1. The molecule has 1 aliphatic carbocycles. The summed E-state index contributed by atoms with van der Waals surface area (Å²) in [4.78, 5) is 7.25. The number of hydrogen-bond acceptors (Lipinski definition) is 3. The highest BCUT2D eigenvalue weighted by Crippen LogP contribution is 2.34. The standard InChI is InChI=1S/C16H30N4O/c1-4-17-16(18-10-11(2)20(3)12-5-6-12)19-14-9-13-7-8-15(14)21-13/h11-15H,4-10H2,1-3H3,(H2,17,18,19). The molecule has 2 saturated heterocycles. The van der Waals surface area contributed by atoms with E-state index in [4.69, 9.17) is 9.73 Å². The van der Waals surface area contributed by atoms with E-state index < -0.39 is 0 Å². The Morgan fingerprint density at radius 1 is 1.33 bits per heavy atom. The van der Waals surface area contributed by atoms with Crippen LogP contribution in [0.4, 0.5) is 0 Å². The van der Waals surface area contributed by atoms with Gasteiger partial charge in [0.1, 0.15) is 0 Å². The molecule has 2 heterocycles. The van der Waals surface area contributed by atoms with Crippen LogP contribution in [0, 0.1) is 0 Å². The first kappa shape index (κ1) is 15.1. The van der Waals surface area contributed by atoms with E-state index in [1.807, 2.05) is 0 Å². The van der Waals surface area contributed by atoms with E-state index in [9.17, 15) is 0 Å². The van der Waals surface area contributed by atoms with Crippen molar-refractivity contribution in [1.82, 2.24) is 15.5 Å². The summed E-state index contributed by atoms with van der Waals surface area (Å²) in [5.41, 5.74) is 0. The van der Waals surface area contributed by atoms with E-state index in [1.54, 1.807) is 0 Å². The van der Waals surface area contributed by atoms with Crippen LogP contribution in [0.1, 0.15) is 46.0 Å². The number of likely N-dealkylation sites (N-methyl/N-ethyl adjacent to an activating group) is 1. The molecule has 0 aromatic carbocycles. The molecule has 4 unspecified atom stereocenters. The van der Waals surface area contributed by atoms with Crippen molar-refractivity contribution in [3.63, 3.8) is 0 Å². The van der Waals surface area contributed by atoms with Crippen molar-refractivity contribution in [2.24, 2.45) is 4.99 Å². The quantitative estimate of drug-likeness (QED) is 0.573. The molecular weight excluding hydrogens is 264 g/mol. The number of rotatable bonds is 6. The number of ether oxygens (including phenoxy) is 1. The highest BCUT2D eigenvalue weighted by Gasteiger charge is 2.41. The van der Waals surface area contributed by atoms with Gasteiger partial charge in [0.15, 0.2) is 5.96 Å². The van der Waals surface area contributed by atoms with E-state index in [0.29, 0.717) is 24.3 Å². The molecule has 5 heteroatoms. The van der Waals surface area contributed by atoms with Gasteiger partial charge in [-0.05, 0) is 53.0 Å². The molecule has 0 amide bonds. The summed E-state index contributed by atoms with van der Waals surface area (Å²) >= 11 is 0. The maximum absolute atomic E-state index is 5.91. The summed E-state index contributed by atoms with van der Waals surface area (Å²) in [5.74, 6) is 0.953. The summed E-state index contributed by atoms with van der Waals surface area (Å²) in [6.45, 7) is 6.14. The molecule has 2 N–H and O–H groups in total. The number of aliphatic imine (C=N–C) groups is 1. The van der Waals surface area contributed by atoms with Gasteiger partial charge >= 0.3 is 0 Å². The predicted molar refractivity (Wildman–Crippen MR) is 85.7 cm³/mol. The Labute approximate surface area is 128 Å². The molecule has 0 radical (unpaired) electrons. The molecule has 1 saturated carbocycles. The highest BCUT2D eigenvalue weighted by molar-refractivity contribution is 5.80. The summed E-state index contributed by atoms with van der Waals surface area (Å²) < 4.78 is 5.91. The topological polar surface area (TPSA) is 48.9 Å². The number of nitrogens with one attached hydrogen (secondary N) is 2. The summed E-state index contributed by atoms with van der Waals surface area (Å²) in [5, 5.41) is 6.96. The zero-order chi connectivity index (χ0) is 14.8. The minimum absolute atomic E-state index is 0.394. The number of fused-ring (bicyclic) bond motifs is 2. The average molecular weight is 294 g/mol. The Hall–Kier alpha value is -0.810. The minimum Gasteiger partial charge on any atom is -0.373 e. The zero-order valence-electron chi connectivity index (χ0n) is 13.6. The maximum atomic E-state index is 5.91. The molecule has 0 aromatic rings. The lowest BCUT2D eigenvalue weighted by Crippen LogP contribution is -2.48. The SMILES string of the molecule is CCNC(=NCC(C)N(C)C1CC1)NC1CC2CCC1O2.